The van der Waals surface area contributed by atoms with Crippen LogP contribution in [0.25, 0.3) is 0 Å². The SMILES string of the molecule is CS[PH2+]Oc1ccccc1.[I-]. The molecule has 1 aromatic carbocycles. The van der Waals surface area contributed by atoms with Crippen LogP contribution in [-0.4, -0.2) is 6.26 Å². The molecule has 11 heavy (non-hydrogen) atoms. The minimum atomic E-state index is 0. The first-order valence-corrected chi connectivity index (χ1v) is 6.17. The van der Waals surface area contributed by atoms with Gasteiger partial charge in [0.05, 0.1) is 11.4 Å². The quantitative estimate of drug-likeness (QED) is 0.559. The van der Waals surface area contributed by atoms with Crippen LogP contribution in [0.3, 0.4) is 0 Å². The topological polar surface area (TPSA) is 9.23 Å². The van der Waals surface area contributed by atoms with Crippen LogP contribution in [0.5, 0.6) is 5.75 Å². The molecule has 0 N–H and O–H groups in total. The molecule has 0 bridgehead atoms. The highest BCUT2D eigenvalue weighted by Gasteiger charge is 1.93. The Morgan fingerprint density at radius 3 is 2.45 bits per heavy atom. The van der Waals surface area contributed by atoms with Crippen LogP contribution in [0.1, 0.15) is 0 Å². The molecular weight excluding hydrogens is 290 g/mol. The smallest absolute Gasteiger partial charge is 0.224 e. The molecule has 0 amide bonds. The predicted octanol–water partition coefficient (Wildman–Crippen LogP) is -0.327. The molecule has 1 nitrogen and oxygen atoms in total. The molecule has 0 fully saturated rings. The van der Waals surface area contributed by atoms with Crippen LogP contribution in [0, 0.1) is 0 Å². The lowest BCUT2D eigenvalue weighted by molar-refractivity contribution is -0.00000237. The van der Waals surface area contributed by atoms with Crippen molar-refractivity contribution in [1.82, 2.24) is 0 Å². The first kappa shape index (κ1) is 11.5. The van der Waals surface area contributed by atoms with Crippen LogP contribution in [0.2, 0.25) is 0 Å². The number of hydrogen-bond donors (Lipinski definition) is 0. The standard InChI is InChI=1S/C7H9OPS.HI/c1-10-9-8-7-5-3-2-4-6-7;/h2-6,9H,1H3;1H. The molecule has 0 aliphatic heterocycles. The summed E-state index contributed by atoms with van der Waals surface area (Å²) in [6.07, 6.45) is 2.05. The van der Waals surface area contributed by atoms with Gasteiger partial charge in [0, 0.05) is 6.26 Å². The summed E-state index contributed by atoms with van der Waals surface area (Å²) in [4.78, 5) is 0. The molecule has 0 aliphatic rings. The van der Waals surface area contributed by atoms with Gasteiger partial charge < -0.3 is 28.5 Å². The summed E-state index contributed by atoms with van der Waals surface area (Å²) in [6.45, 7) is 0. The summed E-state index contributed by atoms with van der Waals surface area (Å²) in [5.74, 6) is 0.979. The highest BCUT2D eigenvalue weighted by atomic mass is 127. The van der Waals surface area contributed by atoms with Crippen molar-refractivity contribution in [3.8, 4) is 5.75 Å². The lowest BCUT2D eigenvalue weighted by Gasteiger charge is -1.93. The molecule has 0 spiro atoms. The van der Waals surface area contributed by atoms with Crippen LogP contribution >= 0.6 is 19.4 Å². The minimum absolute atomic E-state index is 0. The van der Waals surface area contributed by atoms with E-state index < -0.39 is 0 Å². The molecular formula is C7H10IOPS. The van der Waals surface area contributed by atoms with Gasteiger partial charge in [-0.2, -0.15) is 0 Å². The highest BCUT2D eigenvalue weighted by Crippen LogP contribution is 2.29. The third-order valence-electron chi connectivity index (χ3n) is 1.02. The maximum Gasteiger partial charge on any atom is 0.224 e. The molecule has 0 heterocycles. The molecule has 4 heteroatoms. The van der Waals surface area contributed by atoms with Gasteiger partial charge in [0.15, 0.2) is 5.75 Å². The fourth-order valence-corrected chi connectivity index (χ4v) is 1.59. The van der Waals surface area contributed by atoms with Gasteiger partial charge in [-0.25, -0.2) is 0 Å². The first-order valence-electron chi connectivity index (χ1n) is 2.99. The van der Waals surface area contributed by atoms with E-state index in [1.54, 1.807) is 11.4 Å². The molecule has 62 valence electrons. The van der Waals surface area contributed by atoms with E-state index in [1.165, 1.54) is 0 Å². The highest BCUT2D eigenvalue weighted by molar-refractivity contribution is 8.47. The van der Waals surface area contributed by atoms with Crippen molar-refractivity contribution in [3.63, 3.8) is 0 Å². The third-order valence-corrected chi connectivity index (χ3v) is 2.45. The fraction of sp³-hybridized carbons (Fsp3) is 0.143. The van der Waals surface area contributed by atoms with Gasteiger partial charge in [0.25, 0.3) is 0 Å². The average Bonchev–Trinajstić information content (AvgIpc) is 2.03. The maximum absolute atomic E-state index is 5.40. The Hall–Kier alpha value is 0.530. The van der Waals surface area contributed by atoms with E-state index in [-0.39, 0.29) is 32.0 Å². The molecule has 1 unspecified atom stereocenters. The van der Waals surface area contributed by atoms with Gasteiger partial charge >= 0.3 is 0 Å². The van der Waals surface area contributed by atoms with Gasteiger partial charge in [0.2, 0.25) is 8.01 Å². The summed E-state index contributed by atoms with van der Waals surface area (Å²) < 4.78 is 5.40. The summed E-state index contributed by atoms with van der Waals surface area (Å²) in [5, 5.41) is 0. The zero-order valence-electron chi connectivity index (χ0n) is 6.16. The molecule has 1 aromatic rings. The summed E-state index contributed by atoms with van der Waals surface area (Å²) in [6, 6.07) is 9.90. The van der Waals surface area contributed by atoms with Gasteiger partial charge in [-0.05, 0) is 12.1 Å². The van der Waals surface area contributed by atoms with Crippen molar-refractivity contribution in [2.45, 2.75) is 0 Å². The maximum atomic E-state index is 5.40. The van der Waals surface area contributed by atoms with Crippen LogP contribution in [0.4, 0.5) is 0 Å². The lowest BCUT2D eigenvalue weighted by atomic mass is 10.3. The van der Waals surface area contributed by atoms with E-state index in [9.17, 15) is 0 Å². The number of rotatable bonds is 3. The second-order valence-electron chi connectivity index (χ2n) is 1.76. The van der Waals surface area contributed by atoms with Crippen molar-refractivity contribution in [2.24, 2.45) is 0 Å². The van der Waals surface area contributed by atoms with Gasteiger partial charge in [-0.15, -0.1) is 0 Å². The molecule has 0 saturated carbocycles. The summed E-state index contributed by atoms with van der Waals surface area (Å²) >= 11 is 1.76. The number of benzene rings is 1. The Balaban J connectivity index is 0.000001000. The van der Waals surface area contributed by atoms with Gasteiger partial charge in [0.1, 0.15) is 0 Å². The number of hydrogen-bond acceptors (Lipinski definition) is 2. The molecule has 0 saturated heterocycles. The number of halogens is 1. The molecule has 1 atom stereocenters. The summed E-state index contributed by atoms with van der Waals surface area (Å²) in [5.41, 5.74) is 0. The Morgan fingerprint density at radius 1 is 1.27 bits per heavy atom. The van der Waals surface area contributed by atoms with E-state index in [0.717, 1.165) is 5.75 Å². The second kappa shape index (κ2) is 7.19. The third kappa shape index (κ3) is 4.88. The molecule has 0 aliphatic carbocycles. The van der Waals surface area contributed by atoms with E-state index in [4.69, 9.17) is 4.52 Å². The van der Waals surface area contributed by atoms with E-state index in [2.05, 4.69) is 6.26 Å². The second-order valence-corrected chi connectivity index (χ2v) is 4.65. The van der Waals surface area contributed by atoms with Gasteiger partial charge in [-0.1, -0.05) is 18.2 Å². The molecule has 0 radical (unpaired) electrons. The van der Waals surface area contributed by atoms with Crippen molar-refractivity contribution in [1.29, 1.82) is 0 Å². The van der Waals surface area contributed by atoms with E-state index in [0.29, 0.717) is 0 Å². The van der Waals surface area contributed by atoms with Crippen molar-refractivity contribution >= 4 is 19.4 Å². The van der Waals surface area contributed by atoms with Crippen LogP contribution < -0.4 is 28.5 Å². The van der Waals surface area contributed by atoms with Crippen LogP contribution in [0.15, 0.2) is 30.3 Å². The molecule has 1 rings (SSSR count). The first-order chi connectivity index (χ1) is 4.93. The Bertz CT molecular complexity index is 183. The Morgan fingerprint density at radius 2 is 1.91 bits per heavy atom. The van der Waals surface area contributed by atoms with Crippen LogP contribution in [-0.2, 0) is 0 Å². The van der Waals surface area contributed by atoms with E-state index >= 15 is 0 Å². The average molecular weight is 300 g/mol. The zero-order chi connectivity index (χ0) is 7.23. The Kier molecular flexibility index (Phi) is 7.54. The number of para-hydroxylation sites is 1. The predicted molar refractivity (Wildman–Crippen MR) is 50.3 cm³/mol. The zero-order valence-corrected chi connectivity index (χ0v) is 10.3. The summed E-state index contributed by atoms with van der Waals surface area (Å²) in [7, 11) is 0.0745. The Labute approximate surface area is 89.9 Å². The normalized spacial score (nSPS) is 9.55. The van der Waals surface area contributed by atoms with Gasteiger partial charge in [-0.3, -0.25) is 0 Å². The van der Waals surface area contributed by atoms with Crippen molar-refractivity contribution in [3.05, 3.63) is 30.3 Å². The van der Waals surface area contributed by atoms with E-state index in [1.807, 2.05) is 30.3 Å². The monoisotopic (exact) mass is 300 g/mol. The molecule has 0 aromatic heterocycles. The minimum Gasteiger partial charge on any atom is -1.00 e. The lowest BCUT2D eigenvalue weighted by Crippen LogP contribution is -3.00. The van der Waals surface area contributed by atoms with Crippen molar-refractivity contribution < 1.29 is 28.5 Å². The fourth-order valence-electron chi connectivity index (χ4n) is 0.603. The largest absolute Gasteiger partial charge is 1.00 e. The van der Waals surface area contributed by atoms with Crippen molar-refractivity contribution in [2.75, 3.05) is 6.26 Å².